The second kappa shape index (κ2) is 7.79. The van der Waals surface area contributed by atoms with Crippen molar-refractivity contribution in [2.24, 2.45) is 11.7 Å². The molecule has 106 valence electrons. The molecule has 0 heterocycles. The topological polar surface area (TPSA) is 64.4 Å². The number of amides is 1. The van der Waals surface area contributed by atoms with E-state index in [0.29, 0.717) is 13.0 Å². The van der Waals surface area contributed by atoms with Gasteiger partial charge in [-0.3, -0.25) is 4.79 Å². The molecule has 0 aromatic heterocycles. The predicted octanol–water partition coefficient (Wildman–Crippen LogP) is 2.25. The van der Waals surface area contributed by atoms with Gasteiger partial charge in [-0.2, -0.15) is 0 Å². The summed E-state index contributed by atoms with van der Waals surface area (Å²) in [6, 6.07) is 7.64. The number of carbonyl (C=O) groups is 1. The van der Waals surface area contributed by atoms with Gasteiger partial charge in [0.1, 0.15) is 5.75 Å². The third-order valence-electron chi connectivity index (χ3n) is 3.37. The van der Waals surface area contributed by atoms with Crippen LogP contribution in [0.3, 0.4) is 0 Å². The maximum Gasteiger partial charge on any atom is 0.220 e. The van der Waals surface area contributed by atoms with E-state index in [1.807, 2.05) is 31.2 Å². The van der Waals surface area contributed by atoms with Crippen LogP contribution in [0.1, 0.15) is 38.3 Å². The molecule has 3 N–H and O–H groups in total. The summed E-state index contributed by atoms with van der Waals surface area (Å²) in [4.78, 5) is 11.9. The molecule has 0 spiro atoms. The van der Waals surface area contributed by atoms with Crippen molar-refractivity contribution in [2.75, 3.05) is 13.7 Å². The van der Waals surface area contributed by atoms with Gasteiger partial charge < -0.3 is 15.8 Å². The number of methoxy groups -OCH3 is 1. The summed E-state index contributed by atoms with van der Waals surface area (Å²) >= 11 is 0. The summed E-state index contributed by atoms with van der Waals surface area (Å²) in [5.74, 6) is 1.08. The van der Waals surface area contributed by atoms with Crippen molar-refractivity contribution in [1.82, 2.24) is 5.32 Å². The van der Waals surface area contributed by atoms with Crippen LogP contribution in [0.5, 0.6) is 5.75 Å². The van der Waals surface area contributed by atoms with Gasteiger partial charge in [-0.05, 0) is 25.5 Å². The fourth-order valence-electron chi connectivity index (χ4n) is 2.06. The lowest BCUT2D eigenvalue weighted by Crippen LogP contribution is -2.30. The average molecular weight is 264 g/mol. The van der Waals surface area contributed by atoms with E-state index in [9.17, 15) is 4.79 Å². The van der Waals surface area contributed by atoms with E-state index in [0.717, 1.165) is 17.7 Å². The number of carbonyl (C=O) groups excluding carboxylic acids is 1. The Labute approximate surface area is 115 Å². The van der Waals surface area contributed by atoms with Crippen LogP contribution in [-0.4, -0.2) is 19.6 Å². The highest BCUT2D eigenvalue weighted by atomic mass is 16.5. The molecule has 0 radical (unpaired) electrons. The minimum Gasteiger partial charge on any atom is -0.496 e. The summed E-state index contributed by atoms with van der Waals surface area (Å²) in [5, 5.41) is 3.00. The van der Waals surface area contributed by atoms with Gasteiger partial charge in [-0.25, -0.2) is 0 Å². The highest BCUT2D eigenvalue weighted by Gasteiger charge is 2.16. The molecule has 2 unspecified atom stereocenters. The fourth-order valence-corrected chi connectivity index (χ4v) is 2.06. The SMILES string of the molecule is CCC(CN)CC(=O)NC(C)c1ccccc1OC. The van der Waals surface area contributed by atoms with Crippen LogP contribution in [0.2, 0.25) is 0 Å². The lowest BCUT2D eigenvalue weighted by molar-refractivity contribution is -0.122. The van der Waals surface area contributed by atoms with Gasteiger partial charge in [0.2, 0.25) is 5.91 Å². The summed E-state index contributed by atoms with van der Waals surface area (Å²) in [7, 11) is 1.63. The van der Waals surface area contributed by atoms with Crippen LogP contribution in [0.15, 0.2) is 24.3 Å². The van der Waals surface area contributed by atoms with Gasteiger partial charge in [0.25, 0.3) is 0 Å². The number of ether oxygens (including phenoxy) is 1. The smallest absolute Gasteiger partial charge is 0.220 e. The maximum atomic E-state index is 11.9. The first-order chi connectivity index (χ1) is 9.12. The molecular weight excluding hydrogens is 240 g/mol. The largest absolute Gasteiger partial charge is 0.496 e. The summed E-state index contributed by atoms with van der Waals surface area (Å²) in [6.07, 6.45) is 1.40. The zero-order valence-electron chi connectivity index (χ0n) is 12.0. The lowest BCUT2D eigenvalue weighted by Gasteiger charge is -2.19. The first kappa shape index (κ1) is 15.5. The Kier molecular flexibility index (Phi) is 6.36. The van der Waals surface area contributed by atoms with Crippen molar-refractivity contribution in [3.8, 4) is 5.75 Å². The van der Waals surface area contributed by atoms with E-state index in [1.165, 1.54) is 0 Å². The van der Waals surface area contributed by atoms with Gasteiger partial charge >= 0.3 is 0 Å². The Morgan fingerprint density at radius 3 is 2.68 bits per heavy atom. The summed E-state index contributed by atoms with van der Waals surface area (Å²) < 4.78 is 5.30. The van der Waals surface area contributed by atoms with Gasteiger partial charge in [-0.1, -0.05) is 31.5 Å². The second-order valence-corrected chi connectivity index (χ2v) is 4.75. The van der Waals surface area contributed by atoms with E-state index in [4.69, 9.17) is 10.5 Å². The van der Waals surface area contributed by atoms with E-state index in [1.54, 1.807) is 7.11 Å². The molecule has 1 amide bonds. The van der Waals surface area contributed by atoms with Gasteiger partial charge in [0.15, 0.2) is 0 Å². The number of hydrogen-bond donors (Lipinski definition) is 2. The second-order valence-electron chi connectivity index (χ2n) is 4.75. The molecule has 4 nitrogen and oxygen atoms in total. The zero-order valence-corrected chi connectivity index (χ0v) is 12.0. The number of hydrogen-bond acceptors (Lipinski definition) is 3. The Bertz CT molecular complexity index is 403. The molecule has 0 saturated heterocycles. The highest BCUT2D eigenvalue weighted by Crippen LogP contribution is 2.24. The number of nitrogens with two attached hydrogens (primary N) is 1. The van der Waals surface area contributed by atoms with E-state index < -0.39 is 0 Å². The maximum absolute atomic E-state index is 11.9. The first-order valence-corrected chi connectivity index (χ1v) is 6.74. The molecule has 0 bridgehead atoms. The molecule has 0 aliphatic heterocycles. The molecule has 1 rings (SSSR count). The quantitative estimate of drug-likeness (QED) is 0.794. The Balaban J connectivity index is 2.63. The van der Waals surface area contributed by atoms with Crippen molar-refractivity contribution in [1.29, 1.82) is 0 Å². The first-order valence-electron chi connectivity index (χ1n) is 6.74. The van der Waals surface area contributed by atoms with E-state index >= 15 is 0 Å². The minimum atomic E-state index is -0.0704. The molecule has 1 aromatic rings. The lowest BCUT2D eigenvalue weighted by atomic mass is 10.0. The molecule has 0 aliphatic rings. The van der Waals surface area contributed by atoms with Crippen molar-refractivity contribution < 1.29 is 9.53 Å². The summed E-state index contributed by atoms with van der Waals surface area (Å²) in [6.45, 7) is 4.56. The number of rotatable bonds is 7. The van der Waals surface area contributed by atoms with Crippen LogP contribution in [0.4, 0.5) is 0 Å². The molecule has 0 aliphatic carbocycles. The van der Waals surface area contributed by atoms with Crippen molar-refractivity contribution in [3.63, 3.8) is 0 Å². The third kappa shape index (κ3) is 4.56. The Hall–Kier alpha value is -1.55. The van der Waals surface area contributed by atoms with Crippen LogP contribution in [0, 0.1) is 5.92 Å². The van der Waals surface area contributed by atoms with Gasteiger partial charge in [-0.15, -0.1) is 0 Å². The minimum absolute atomic E-state index is 0.0377. The third-order valence-corrected chi connectivity index (χ3v) is 3.37. The molecule has 0 saturated carbocycles. The van der Waals surface area contributed by atoms with E-state index in [-0.39, 0.29) is 17.9 Å². The van der Waals surface area contributed by atoms with Crippen LogP contribution in [-0.2, 0) is 4.79 Å². The normalized spacial score (nSPS) is 13.7. The molecular formula is C15H24N2O2. The molecule has 0 fully saturated rings. The molecule has 1 aromatic carbocycles. The Morgan fingerprint density at radius 1 is 1.42 bits per heavy atom. The molecule has 4 heteroatoms. The van der Waals surface area contributed by atoms with Crippen molar-refractivity contribution in [3.05, 3.63) is 29.8 Å². The average Bonchev–Trinajstić information content (AvgIpc) is 2.44. The highest BCUT2D eigenvalue weighted by molar-refractivity contribution is 5.76. The van der Waals surface area contributed by atoms with Gasteiger partial charge in [0.05, 0.1) is 13.2 Å². The zero-order chi connectivity index (χ0) is 14.3. The number of nitrogens with one attached hydrogen (secondary N) is 1. The summed E-state index contributed by atoms with van der Waals surface area (Å²) in [5.41, 5.74) is 6.60. The van der Waals surface area contributed by atoms with Crippen LogP contribution in [0.25, 0.3) is 0 Å². The monoisotopic (exact) mass is 264 g/mol. The van der Waals surface area contributed by atoms with Crippen molar-refractivity contribution >= 4 is 5.91 Å². The standard InChI is InChI=1S/C15H24N2O2/c1-4-12(10-16)9-15(18)17-11(2)13-7-5-6-8-14(13)19-3/h5-8,11-12H,4,9-10,16H2,1-3H3,(H,17,18). The fraction of sp³-hybridized carbons (Fsp3) is 0.533. The Morgan fingerprint density at radius 2 is 2.11 bits per heavy atom. The van der Waals surface area contributed by atoms with E-state index in [2.05, 4.69) is 12.2 Å². The number of para-hydroxylation sites is 1. The predicted molar refractivity (Wildman–Crippen MR) is 77.0 cm³/mol. The van der Waals surface area contributed by atoms with Crippen LogP contribution >= 0.6 is 0 Å². The van der Waals surface area contributed by atoms with Gasteiger partial charge in [0, 0.05) is 12.0 Å². The molecule has 19 heavy (non-hydrogen) atoms. The van der Waals surface area contributed by atoms with Crippen LogP contribution < -0.4 is 15.8 Å². The number of benzene rings is 1. The van der Waals surface area contributed by atoms with Crippen molar-refractivity contribution in [2.45, 2.75) is 32.7 Å². The molecule has 2 atom stereocenters.